The summed E-state index contributed by atoms with van der Waals surface area (Å²) in [6, 6.07) is 0. The van der Waals surface area contributed by atoms with Crippen LogP contribution in [0.5, 0.6) is 0 Å². The third-order valence-electron chi connectivity index (χ3n) is 8.07. The first-order valence-corrected chi connectivity index (χ1v) is 23.4. The molecule has 0 bridgehead atoms. The molecule has 0 aromatic rings. The van der Waals surface area contributed by atoms with E-state index in [9.17, 15) is 0 Å². The Kier molecular flexibility index (Phi) is 15.4. The average molecular weight is 726 g/mol. The zero-order chi connectivity index (χ0) is 26.0. The van der Waals surface area contributed by atoms with E-state index in [1.165, 1.54) is 36.7 Å². The van der Waals surface area contributed by atoms with Crippen molar-refractivity contribution in [3.8, 4) is 0 Å². The van der Waals surface area contributed by atoms with Gasteiger partial charge in [0.1, 0.15) is 0 Å². The van der Waals surface area contributed by atoms with Crippen LogP contribution in [0.4, 0.5) is 0 Å². The third-order valence-corrected chi connectivity index (χ3v) is 17.1. The van der Waals surface area contributed by atoms with Crippen molar-refractivity contribution in [2.24, 2.45) is 5.41 Å². The fourth-order valence-electron chi connectivity index (χ4n) is 4.66. The van der Waals surface area contributed by atoms with E-state index in [1.54, 1.807) is 44.7 Å². The van der Waals surface area contributed by atoms with Crippen LogP contribution in [-0.2, 0) is 42.6 Å². The molecule has 197 valence electrons. The van der Waals surface area contributed by atoms with Gasteiger partial charge < -0.3 is 24.8 Å². The number of rotatable bonds is 2. The molecule has 0 saturated heterocycles. The van der Waals surface area contributed by atoms with Crippen molar-refractivity contribution in [1.82, 2.24) is 0 Å². The SMILES string of the molecule is CC1=C(C)C(C)(C)[C]([Zr+2])=C1C.CC1=CCC(C2=C(C)C(C)=CC2)=C1C.[CH3][Zr]([Cl])([Cl])[C]1=CC=CC1.[Cl-].[Cl-]. The Morgan fingerprint density at radius 1 is 0.750 bits per heavy atom. The molecule has 0 unspecified atom stereocenters. The normalized spacial score (nSPS) is 20.3. The third kappa shape index (κ3) is 8.67. The number of halogens is 4. The molecule has 0 saturated carbocycles. The van der Waals surface area contributed by atoms with Crippen LogP contribution in [0.25, 0.3) is 0 Å². The van der Waals surface area contributed by atoms with Crippen LogP contribution in [0.1, 0.15) is 81.6 Å². The van der Waals surface area contributed by atoms with E-state index in [-0.39, 0.29) is 24.8 Å². The van der Waals surface area contributed by atoms with E-state index >= 15 is 0 Å². The Morgan fingerprint density at radius 3 is 1.36 bits per heavy atom. The van der Waals surface area contributed by atoms with Crippen molar-refractivity contribution >= 4 is 17.0 Å². The van der Waals surface area contributed by atoms with Crippen LogP contribution in [-0.4, -0.2) is 0 Å². The first-order chi connectivity index (χ1) is 15.6. The van der Waals surface area contributed by atoms with Gasteiger partial charge in [0.2, 0.25) is 0 Å². The molecule has 0 N–H and O–H groups in total. The molecule has 0 fully saturated rings. The predicted molar refractivity (Wildman–Crippen MR) is 146 cm³/mol. The Labute approximate surface area is 260 Å². The van der Waals surface area contributed by atoms with Gasteiger partial charge in [-0.05, 0) is 62.8 Å². The van der Waals surface area contributed by atoms with Gasteiger partial charge in [0.15, 0.2) is 0 Å². The van der Waals surface area contributed by atoms with Gasteiger partial charge in [0, 0.05) is 0 Å². The number of allylic oxidation sites excluding steroid dienone is 16. The Hall–Kier alpha value is 0.846. The van der Waals surface area contributed by atoms with Crippen LogP contribution in [0.15, 0.2) is 87.1 Å². The Bertz CT molecular complexity index is 1030. The molecule has 0 aliphatic heterocycles. The zero-order valence-electron chi connectivity index (χ0n) is 23.5. The van der Waals surface area contributed by atoms with Crippen molar-refractivity contribution in [3.05, 3.63) is 87.1 Å². The van der Waals surface area contributed by atoms with Gasteiger partial charge in [-0.2, -0.15) is 0 Å². The minimum absolute atomic E-state index is 0. The van der Waals surface area contributed by atoms with E-state index in [1.807, 2.05) is 10.7 Å². The second-order valence-electron chi connectivity index (χ2n) is 10.5. The summed E-state index contributed by atoms with van der Waals surface area (Å²) >= 11 is -1.07. The summed E-state index contributed by atoms with van der Waals surface area (Å²) < 4.78 is 4.91. The summed E-state index contributed by atoms with van der Waals surface area (Å²) in [6.45, 7) is 20.3. The molecule has 4 aliphatic rings. The average Bonchev–Trinajstić information content (AvgIpc) is 3.52. The van der Waals surface area contributed by atoms with Crippen LogP contribution in [0.3, 0.4) is 0 Å². The summed E-state index contributed by atoms with van der Waals surface area (Å²) in [5.74, 6) is 0. The van der Waals surface area contributed by atoms with Crippen molar-refractivity contribution < 1.29 is 67.4 Å². The van der Waals surface area contributed by atoms with Crippen molar-refractivity contribution in [2.75, 3.05) is 0 Å². The first-order valence-electron chi connectivity index (χ1n) is 12.2. The maximum Gasteiger partial charge on any atom is -1.00 e. The van der Waals surface area contributed by atoms with Crippen molar-refractivity contribution in [2.45, 2.75) is 86.2 Å². The summed E-state index contributed by atoms with van der Waals surface area (Å²) in [5.41, 5.74) is 14.0. The van der Waals surface area contributed by atoms with Crippen LogP contribution >= 0.6 is 17.0 Å². The van der Waals surface area contributed by atoms with Crippen LogP contribution in [0.2, 0.25) is 4.63 Å². The minimum atomic E-state index is -2.65. The van der Waals surface area contributed by atoms with Crippen LogP contribution < -0.4 is 24.8 Å². The molecule has 0 aromatic carbocycles. The molecule has 0 radical (unpaired) electrons. The summed E-state index contributed by atoms with van der Waals surface area (Å²) in [4.78, 5) is 0. The van der Waals surface area contributed by atoms with Gasteiger partial charge >= 0.3 is 152 Å². The van der Waals surface area contributed by atoms with Gasteiger partial charge in [-0.15, -0.1) is 0 Å². The molecular weight excluding hydrogens is 685 g/mol. The second kappa shape index (κ2) is 15.0. The van der Waals surface area contributed by atoms with Crippen molar-refractivity contribution in [1.29, 1.82) is 0 Å². The standard InChI is InChI=1S/C14H18.C10H15.C5H5.CH3.4ClH.2Zr/c1-9-5-7-13(11(9)3)14-8-6-10(2)12(14)4;1-7-6-10(4,5)9(3)8(7)2;1-2-4-5-3-1;;;;;;;/h5-6H,7-8H2,1-4H3;1-5H3;1-3H,4H2;1H3;4*1H;;/q;;;;;;;;2*+2/p-4. The van der Waals surface area contributed by atoms with E-state index < -0.39 is 17.9 Å². The molecule has 6 heteroatoms. The van der Waals surface area contributed by atoms with Gasteiger partial charge in [-0.1, -0.05) is 23.3 Å². The predicted octanol–water partition coefficient (Wildman–Crippen LogP) is 4.85. The summed E-state index contributed by atoms with van der Waals surface area (Å²) in [7, 11) is 12.0. The smallest absolute Gasteiger partial charge is 1.00 e. The first kappa shape index (κ1) is 36.8. The second-order valence-corrected chi connectivity index (χ2v) is 27.7. The molecule has 0 nitrogen and oxygen atoms in total. The van der Waals surface area contributed by atoms with E-state index in [2.05, 4.69) is 86.6 Å². The molecule has 4 aliphatic carbocycles. The van der Waals surface area contributed by atoms with Gasteiger partial charge in [-0.3, -0.25) is 0 Å². The number of hydrogen-bond donors (Lipinski definition) is 0. The molecule has 36 heavy (non-hydrogen) atoms. The number of hydrogen-bond acceptors (Lipinski definition) is 0. The van der Waals surface area contributed by atoms with E-state index in [4.69, 9.17) is 17.0 Å². The molecule has 0 atom stereocenters. The van der Waals surface area contributed by atoms with E-state index in [0.29, 0.717) is 5.41 Å². The molecular formula is C30H41Cl4Zr2. The van der Waals surface area contributed by atoms with Gasteiger partial charge in [0.05, 0.1) is 0 Å². The maximum atomic E-state index is 6.01. The molecule has 0 aromatic heterocycles. The van der Waals surface area contributed by atoms with Gasteiger partial charge in [0.25, 0.3) is 0 Å². The quantitative estimate of drug-likeness (QED) is 0.383. The Balaban J connectivity index is 0.000000509. The monoisotopic (exact) mass is 721 g/mol. The maximum absolute atomic E-state index is 6.01. The molecule has 0 heterocycles. The molecule has 4 rings (SSSR count). The fourth-order valence-corrected chi connectivity index (χ4v) is 9.37. The summed E-state index contributed by atoms with van der Waals surface area (Å²) in [5, 5.41) is 0. The fraction of sp³-hybridized carbons (Fsp3) is 0.467. The summed E-state index contributed by atoms with van der Waals surface area (Å²) in [6.07, 6.45) is 14.1. The molecule has 0 spiro atoms. The zero-order valence-corrected chi connectivity index (χ0v) is 31.5. The van der Waals surface area contributed by atoms with Crippen molar-refractivity contribution in [3.63, 3.8) is 0 Å². The largest absolute Gasteiger partial charge is 1.00 e. The topological polar surface area (TPSA) is 0 Å². The Morgan fingerprint density at radius 2 is 1.19 bits per heavy atom. The van der Waals surface area contributed by atoms with E-state index in [0.717, 1.165) is 19.3 Å². The van der Waals surface area contributed by atoms with Gasteiger partial charge in [-0.25, -0.2) is 0 Å². The van der Waals surface area contributed by atoms with Crippen LogP contribution in [0, 0.1) is 5.41 Å². The minimum Gasteiger partial charge on any atom is -1.00 e. The molecule has 0 amide bonds.